The van der Waals surface area contributed by atoms with Gasteiger partial charge in [-0.3, -0.25) is 0 Å². The first-order valence-corrected chi connectivity index (χ1v) is 12.2. The normalized spacial score (nSPS) is 18.2. The van der Waals surface area contributed by atoms with Crippen molar-refractivity contribution >= 4 is 6.08 Å². The Bertz CT molecular complexity index is 1160. The van der Waals surface area contributed by atoms with Gasteiger partial charge >= 0.3 is 0 Å². The van der Waals surface area contributed by atoms with Crippen molar-refractivity contribution in [1.29, 1.82) is 0 Å². The van der Waals surface area contributed by atoms with Crippen LogP contribution in [0.1, 0.15) is 62.1 Å². The number of allylic oxidation sites excluding steroid dienone is 1. The van der Waals surface area contributed by atoms with Crippen molar-refractivity contribution in [3.8, 4) is 16.9 Å². The van der Waals surface area contributed by atoms with E-state index in [-0.39, 0.29) is 35.6 Å². The summed E-state index contributed by atoms with van der Waals surface area (Å²) >= 11 is 0. The molecule has 1 saturated carbocycles. The molecule has 0 aliphatic heterocycles. The predicted octanol–water partition coefficient (Wildman–Crippen LogP) is 8.45. The summed E-state index contributed by atoms with van der Waals surface area (Å²) in [5.41, 5.74) is 2.77. The van der Waals surface area contributed by atoms with E-state index in [2.05, 4.69) is 0 Å². The zero-order valence-electron chi connectivity index (χ0n) is 20.2. The molecule has 0 spiro atoms. The molecule has 3 aromatic carbocycles. The molecule has 4 rings (SSSR count). The van der Waals surface area contributed by atoms with Crippen LogP contribution >= 0.6 is 0 Å². The quantitative estimate of drug-likeness (QED) is 0.322. The Morgan fingerprint density at radius 3 is 2.29 bits per heavy atom. The molecule has 3 aromatic rings. The highest BCUT2D eigenvalue weighted by atomic mass is 19.2. The molecule has 0 amide bonds. The third-order valence-electron chi connectivity index (χ3n) is 6.61. The summed E-state index contributed by atoms with van der Waals surface area (Å²) in [6.45, 7) is 4.30. The summed E-state index contributed by atoms with van der Waals surface area (Å²) in [6.07, 6.45) is 6.88. The average Bonchev–Trinajstić information content (AvgIpc) is 2.87. The third kappa shape index (κ3) is 5.96. The van der Waals surface area contributed by atoms with Crippen molar-refractivity contribution in [2.45, 2.75) is 58.2 Å². The van der Waals surface area contributed by atoms with Crippen LogP contribution in [0.25, 0.3) is 17.2 Å². The fourth-order valence-corrected chi connectivity index (χ4v) is 4.73. The fraction of sp³-hybridized carbons (Fsp3) is 0.333. The van der Waals surface area contributed by atoms with Crippen molar-refractivity contribution in [3.63, 3.8) is 0 Å². The van der Waals surface area contributed by atoms with Crippen LogP contribution in [0, 0.1) is 17.5 Å². The second-order valence-electron chi connectivity index (χ2n) is 8.92. The number of hydrogen-bond acceptors (Lipinski definition) is 2. The minimum absolute atomic E-state index is 0.00993. The zero-order valence-corrected chi connectivity index (χ0v) is 20.2. The second-order valence-corrected chi connectivity index (χ2v) is 8.92. The van der Waals surface area contributed by atoms with E-state index < -0.39 is 11.6 Å². The molecule has 0 atom stereocenters. The Kier molecular flexibility index (Phi) is 8.29. The highest BCUT2D eigenvalue weighted by Gasteiger charge is 2.25. The molecule has 184 valence electrons. The van der Waals surface area contributed by atoms with Crippen molar-refractivity contribution in [3.05, 3.63) is 94.8 Å². The lowest BCUT2D eigenvalue weighted by atomic mass is 9.82. The van der Waals surface area contributed by atoms with E-state index in [1.807, 2.05) is 44.2 Å². The maximum Gasteiger partial charge on any atom is 0.167 e. The number of ether oxygens (including phenoxy) is 2. The molecule has 1 aliphatic rings. The molecule has 0 bridgehead atoms. The molecule has 35 heavy (non-hydrogen) atoms. The van der Waals surface area contributed by atoms with Crippen LogP contribution in [0.15, 0.2) is 60.7 Å². The number of hydrogen-bond donors (Lipinski definition) is 0. The Morgan fingerprint density at radius 2 is 1.63 bits per heavy atom. The summed E-state index contributed by atoms with van der Waals surface area (Å²) in [5.74, 6) is -1.31. The Labute approximate surface area is 205 Å². The molecule has 5 heteroatoms. The monoisotopic (exact) mass is 480 g/mol. The molecule has 0 saturated heterocycles. The smallest absolute Gasteiger partial charge is 0.167 e. The maximum absolute atomic E-state index is 14.8. The van der Waals surface area contributed by atoms with Gasteiger partial charge in [-0.1, -0.05) is 54.6 Å². The van der Waals surface area contributed by atoms with Gasteiger partial charge in [-0.05, 0) is 68.2 Å². The van der Waals surface area contributed by atoms with Gasteiger partial charge in [-0.25, -0.2) is 13.2 Å². The van der Waals surface area contributed by atoms with E-state index in [1.54, 1.807) is 30.3 Å². The molecule has 0 N–H and O–H groups in total. The fourth-order valence-electron chi connectivity index (χ4n) is 4.73. The predicted molar refractivity (Wildman–Crippen MR) is 134 cm³/mol. The molecule has 0 radical (unpaired) electrons. The van der Waals surface area contributed by atoms with E-state index in [0.29, 0.717) is 23.5 Å². The molecule has 2 nitrogen and oxygen atoms in total. The summed E-state index contributed by atoms with van der Waals surface area (Å²) in [7, 11) is 0. The zero-order chi connectivity index (χ0) is 24.8. The molecular weight excluding hydrogens is 449 g/mol. The largest absolute Gasteiger partial charge is 0.494 e. The van der Waals surface area contributed by atoms with Crippen LogP contribution in [0.2, 0.25) is 0 Å². The second kappa shape index (κ2) is 11.6. The van der Waals surface area contributed by atoms with Gasteiger partial charge in [-0.2, -0.15) is 0 Å². The van der Waals surface area contributed by atoms with E-state index >= 15 is 0 Å². The first-order chi connectivity index (χ1) is 17.0. The van der Waals surface area contributed by atoms with E-state index in [9.17, 15) is 13.2 Å². The van der Waals surface area contributed by atoms with Gasteiger partial charge in [0.05, 0.1) is 19.3 Å². The molecule has 0 heterocycles. The van der Waals surface area contributed by atoms with Crippen molar-refractivity contribution < 1.29 is 22.6 Å². The van der Waals surface area contributed by atoms with Crippen LogP contribution in [0.4, 0.5) is 13.2 Å². The average molecular weight is 481 g/mol. The van der Waals surface area contributed by atoms with Crippen molar-refractivity contribution in [2.24, 2.45) is 0 Å². The lowest BCUT2D eigenvalue weighted by Gasteiger charge is -2.29. The van der Waals surface area contributed by atoms with Gasteiger partial charge in [0.1, 0.15) is 11.6 Å². The number of halogens is 3. The van der Waals surface area contributed by atoms with E-state index in [0.717, 1.165) is 31.2 Å². The number of rotatable bonds is 8. The first-order valence-electron chi connectivity index (χ1n) is 12.2. The Morgan fingerprint density at radius 1 is 0.886 bits per heavy atom. The van der Waals surface area contributed by atoms with Gasteiger partial charge in [0.2, 0.25) is 0 Å². The maximum atomic E-state index is 14.8. The lowest BCUT2D eigenvalue weighted by molar-refractivity contribution is 0.0117. The highest BCUT2D eigenvalue weighted by Crippen LogP contribution is 2.37. The SMILES string of the molecule is CC=Cc1ccc(-c2ccc(COC3CCC(c4ccc(OCC)cc4F)CC3)c(F)c2F)cc1. The summed E-state index contributed by atoms with van der Waals surface area (Å²) in [6, 6.07) is 15.6. The van der Waals surface area contributed by atoms with Gasteiger partial charge in [0.15, 0.2) is 11.6 Å². The topological polar surface area (TPSA) is 18.5 Å². The first kappa shape index (κ1) is 25.1. The van der Waals surface area contributed by atoms with Gasteiger partial charge < -0.3 is 9.47 Å². The van der Waals surface area contributed by atoms with Crippen LogP contribution in [-0.2, 0) is 11.3 Å². The minimum atomic E-state index is -0.870. The van der Waals surface area contributed by atoms with E-state index in [1.165, 1.54) is 6.07 Å². The van der Waals surface area contributed by atoms with Crippen LogP contribution in [0.5, 0.6) is 5.75 Å². The minimum Gasteiger partial charge on any atom is -0.494 e. The highest BCUT2D eigenvalue weighted by molar-refractivity contribution is 5.66. The molecule has 1 fully saturated rings. The molecular formula is C30H31F3O2. The van der Waals surface area contributed by atoms with Gasteiger partial charge in [0, 0.05) is 17.2 Å². The summed E-state index contributed by atoms with van der Waals surface area (Å²) < 4.78 is 55.4. The molecule has 1 aliphatic carbocycles. The number of benzene rings is 3. The van der Waals surface area contributed by atoms with Crippen LogP contribution < -0.4 is 4.74 Å². The van der Waals surface area contributed by atoms with Crippen molar-refractivity contribution in [1.82, 2.24) is 0 Å². The van der Waals surface area contributed by atoms with Crippen LogP contribution in [-0.4, -0.2) is 12.7 Å². The standard InChI is InChI=1S/C30H31F3O2/c1-3-5-20-6-8-22(9-7-20)27-16-12-23(29(32)30(27)33)19-35-24-13-10-21(11-14-24)26-17-15-25(34-4-2)18-28(26)31/h3,5-9,12,15-18,21,24H,4,10-11,13-14,19H2,1-2H3. The van der Waals surface area contributed by atoms with Gasteiger partial charge in [-0.15, -0.1) is 0 Å². The summed E-state index contributed by atoms with van der Waals surface area (Å²) in [4.78, 5) is 0. The lowest BCUT2D eigenvalue weighted by Crippen LogP contribution is -2.21. The molecule has 0 aromatic heterocycles. The van der Waals surface area contributed by atoms with Crippen LogP contribution in [0.3, 0.4) is 0 Å². The van der Waals surface area contributed by atoms with Crippen molar-refractivity contribution in [2.75, 3.05) is 6.61 Å². The van der Waals surface area contributed by atoms with E-state index in [4.69, 9.17) is 9.47 Å². The van der Waals surface area contributed by atoms with Gasteiger partial charge in [0.25, 0.3) is 0 Å². The molecule has 0 unspecified atom stereocenters. The Balaban J connectivity index is 1.34. The summed E-state index contributed by atoms with van der Waals surface area (Å²) in [5, 5.41) is 0. The Hall–Kier alpha value is -3.05. The third-order valence-corrected chi connectivity index (χ3v) is 6.61.